The molecule has 0 radical (unpaired) electrons. The largest absolute Gasteiger partial charge is 0.491 e. The van der Waals surface area contributed by atoms with Gasteiger partial charge in [-0.15, -0.1) is 0 Å². The summed E-state index contributed by atoms with van der Waals surface area (Å²) in [5.41, 5.74) is 2.35. The molecule has 1 heterocycles. The first-order chi connectivity index (χ1) is 11.3. The molecule has 3 rings (SSSR count). The number of nitrogens with one attached hydrogen (secondary N) is 1. The average molecular weight is 369 g/mol. The predicted octanol–water partition coefficient (Wildman–Crippen LogP) is 5.00. The molecular formula is C19H17BrN2O. The van der Waals surface area contributed by atoms with Crippen molar-refractivity contribution in [3.05, 3.63) is 77.4 Å². The Balaban J connectivity index is 1.56. The number of pyridine rings is 1. The predicted molar refractivity (Wildman–Crippen MR) is 97.8 cm³/mol. The molecule has 0 aliphatic rings. The van der Waals surface area contributed by atoms with Gasteiger partial charge >= 0.3 is 0 Å². The van der Waals surface area contributed by atoms with E-state index < -0.39 is 0 Å². The maximum Gasteiger partial charge on any atom is 0.133 e. The van der Waals surface area contributed by atoms with Gasteiger partial charge in [-0.2, -0.15) is 0 Å². The number of benzene rings is 2. The van der Waals surface area contributed by atoms with Crippen LogP contribution in [-0.4, -0.2) is 18.1 Å². The molecule has 23 heavy (non-hydrogen) atoms. The van der Waals surface area contributed by atoms with E-state index in [1.165, 1.54) is 5.56 Å². The third-order valence-corrected chi connectivity index (χ3v) is 3.99. The lowest BCUT2D eigenvalue weighted by Crippen LogP contribution is -2.12. The highest BCUT2D eigenvalue weighted by Gasteiger charge is 2.04. The molecule has 116 valence electrons. The molecule has 1 N–H and O–H groups in total. The number of nitrogens with zero attached hydrogens (tertiary/aromatic N) is 1. The van der Waals surface area contributed by atoms with Crippen molar-refractivity contribution in [3.63, 3.8) is 0 Å². The van der Waals surface area contributed by atoms with E-state index in [1.54, 1.807) is 6.20 Å². The van der Waals surface area contributed by atoms with E-state index in [2.05, 4.69) is 50.5 Å². The van der Waals surface area contributed by atoms with Crippen LogP contribution in [0.5, 0.6) is 5.75 Å². The van der Waals surface area contributed by atoms with Crippen LogP contribution >= 0.6 is 15.9 Å². The molecule has 0 aliphatic carbocycles. The third kappa shape index (κ3) is 4.33. The highest BCUT2D eigenvalue weighted by atomic mass is 79.9. The maximum atomic E-state index is 5.81. The van der Waals surface area contributed by atoms with Crippen molar-refractivity contribution in [1.82, 2.24) is 4.98 Å². The molecule has 1 aromatic heterocycles. The van der Waals surface area contributed by atoms with Crippen molar-refractivity contribution in [2.45, 2.75) is 0 Å². The number of ether oxygens (including phenoxy) is 1. The Morgan fingerprint density at radius 1 is 0.913 bits per heavy atom. The van der Waals surface area contributed by atoms with E-state index in [-0.39, 0.29) is 0 Å². The van der Waals surface area contributed by atoms with Crippen LogP contribution in [0.25, 0.3) is 11.1 Å². The van der Waals surface area contributed by atoms with Gasteiger partial charge in [0.25, 0.3) is 0 Å². The van der Waals surface area contributed by atoms with Gasteiger partial charge in [0, 0.05) is 6.20 Å². The molecule has 0 bridgehead atoms. The summed E-state index contributed by atoms with van der Waals surface area (Å²) in [5.74, 6) is 1.70. The van der Waals surface area contributed by atoms with Crippen molar-refractivity contribution in [2.75, 3.05) is 18.5 Å². The second-order valence-electron chi connectivity index (χ2n) is 5.00. The first-order valence-corrected chi connectivity index (χ1v) is 8.25. The number of rotatable bonds is 6. The zero-order valence-electron chi connectivity index (χ0n) is 12.6. The molecule has 0 amide bonds. The average Bonchev–Trinajstić information content (AvgIpc) is 2.61. The van der Waals surface area contributed by atoms with E-state index in [0.717, 1.165) is 21.6 Å². The zero-order chi connectivity index (χ0) is 15.9. The molecule has 0 saturated heterocycles. The van der Waals surface area contributed by atoms with Gasteiger partial charge in [0.05, 0.1) is 11.0 Å². The number of hydrogen-bond acceptors (Lipinski definition) is 3. The van der Waals surface area contributed by atoms with Crippen LogP contribution in [0.1, 0.15) is 0 Å². The lowest BCUT2D eigenvalue weighted by atomic mass is 10.1. The van der Waals surface area contributed by atoms with Crippen molar-refractivity contribution >= 4 is 21.7 Å². The van der Waals surface area contributed by atoms with Crippen LogP contribution in [0.4, 0.5) is 5.82 Å². The van der Waals surface area contributed by atoms with Crippen molar-refractivity contribution < 1.29 is 4.74 Å². The maximum absolute atomic E-state index is 5.81. The summed E-state index contributed by atoms with van der Waals surface area (Å²) in [6.45, 7) is 1.27. The summed E-state index contributed by atoms with van der Waals surface area (Å²) in [5, 5.41) is 3.22. The minimum atomic E-state index is 0.569. The van der Waals surface area contributed by atoms with Crippen LogP contribution in [0.2, 0.25) is 0 Å². The lowest BCUT2D eigenvalue weighted by Gasteiger charge is -2.11. The van der Waals surface area contributed by atoms with Gasteiger partial charge in [-0.25, -0.2) is 4.98 Å². The Morgan fingerprint density at radius 3 is 2.48 bits per heavy atom. The molecule has 0 saturated carbocycles. The fourth-order valence-electron chi connectivity index (χ4n) is 2.24. The standard InChI is InChI=1S/C19H17BrN2O/c20-17-14-16(15-6-2-1-3-7-15)9-10-18(17)23-13-12-22-19-8-4-5-11-21-19/h1-11,14H,12-13H2,(H,21,22). The Bertz CT molecular complexity index is 748. The van der Waals surface area contributed by atoms with Gasteiger partial charge in [-0.1, -0.05) is 42.5 Å². The second kappa shape index (κ2) is 7.79. The van der Waals surface area contributed by atoms with Gasteiger partial charge < -0.3 is 10.1 Å². The van der Waals surface area contributed by atoms with Crippen LogP contribution in [0, 0.1) is 0 Å². The molecule has 0 spiro atoms. The summed E-state index contributed by atoms with van der Waals surface area (Å²) in [7, 11) is 0. The molecule has 0 aliphatic heterocycles. The van der Waals surface area contributed by atoms with Crippen LogP contribution in [0.3, 0.4) is 0 Å². The summed E-state index contributed by atoms with van der Waals surface area (Å²) >= 11 is 3.58. The smallest absolute Gasteiger partial charge is 0.133 e. The minimum absolute atomic E-state index is 0.569. The van der Waals surface area contributed by atoms with Gasteiger partial charge in [-0.05, 0) is 51.3 Å². The second-order valence-corrected chi connectivity index (χ2v) is 5.86. The number of halogens is 1. The first-order valence-electron chi connectivity index (χ1n) is 7.45. The Kier molecular flexibility index (Phi) is 5.27. The first kappa shape index (κ1) is 15.6. The summed E-state index contributed by atoms with van der Waals surface area (Å²) in [6, 6.07) is 22.2. The van der Waals surface area contributed by atoms with E-state index in [9.17, 15) is 0 Å². The van der Waals surface area contributed by atoms with Crippen LogP contribution < -0.4 is 10.1 Å². The van der Waals surface area contributed by atoms with E-state index in [0.29, 0.717) is 13.2 Å². The molecule has 0 fully saturated rings. The van der Waals surface area contributed by atoms with Crippen LogP contribution in [0.15, 0.2) is 77.4 Å². The lowest BCUT2D eigenvalue weighted by molar-refractivity contribution is 0.331. The molecule has 3 nitrogen and oxygen atoms in total. The topological polar surface area (TPSA) is 34.1 Å². The summed E-state index contributed by atoms with van der Waals surface area (Å²) in [4.78, 5) is 4.21. The third-order valence-electron chi connectivity index (χ3n) is 3.37. The van der Waals surface area contributed by atoms with Gasteiger partial charge in [0.15, 0.2) is 0 Å². The zero-order valence-corrected chi connectivity index (χ0v) is 14.2. The molecular weight excluding hydrogens is 352 g/mol. The van der Waals surface area contributed by atoms with Crippen molar-refractivity contribution in [1.29, 1.82) is 0 Å². The molecule has 2 aromatic carbocycles. The fourth-order valence-corrected chi connectivity index (χ4v) is 2.73. The van der Waals surface area contributed by atoms with E-state index >= 15 is 0 Å². The highest BCUT2D eigenvalue weighted by molar-refractivity contribution is 9.10. The number of aromatic nitrogens is 1. The quantitative estimate of drug-likeness (QED) is 0.621. The molecule has 0 unspecified atom stereocenters. The summed E-state index contributed by atoms with van der Waals surface area (Å²) in [6.07, 6.45) is 1.77. The molecule has 0 atom stereocenters. The number of hydrogen-bond donors (Lipinski definition) is 1. The monoisotopic (exact) mass is 368 g/mol. The van der Waals surface area contributed by atoms with Gasteiger partial charge in [-0.3, -0.25) is 0 Å². The van der Waals surface area contributed by atoms with Gasteiger partial charge in [0.2, 0.25) is 0 Å². The summed E-state index contributed by atoms with van der Waals surface area (Å²) < 4.78 is 6.77. The Labute approximate surface area is 144 Å². The normalized spacial score (nSPS) is 10.3. The van der Waals surface area contributed by atoms with E-state index in [1.807, 2.05) is 42.5 Å². The Hall–Kier alpha value is -2.33. The minimum Gasteiger partial charge on any atom is -0.491 e. The van der Waals surface area contributed by atoms with Crippen molar-refractivity contribution in [3.8, 4) is 16.9 Å². The SMILES string of the molecule is Brc1cc(-c2ccccc2)ccc1OCCNc1ccccn1. The van der Waals surface area contributed by atoms with E-state index in [4.69, 9.17) is 4.74 Å². The molecule has 3 aromatic rings. The van der Waals surface area contributed by atoms with Crippen LogP contribution in [-0.2, 0) is 0 Å². The molecule has 4 heteroatoms. The van der Waals surface area contributed by atoms with Crippen molar-refractivity contribution in [2.24, 2.45) is 0 Å². The van der Waals surface area contributed by atoms with Gasteiger partial charge in [0.1, 0.15) is 18.2 Å². The Morgan fingerprint density at radius 2 is 1.74 bits per heavy atom. The highest BCUT2D eigenvalue weighted by Crippen LogP contribution is 2.30. The fraction of sp³-hybridized carbons (Fsp3) is 0.105. The number of anilines is 1.